The Bertz CT molecular complexity index is 517. The molecule has 0 radical (unpaired) electrons. The van der Waals surface area contributed by atoms with E-state index in [9.17, 15) is 9.59 Å². The van der Waals surface area contributed by atoms with E-state index in [-0.39, 0.29) is 18.4 Å². The summed E-state index contributed by atoms with van der Waals surface area (Å²) in [6, 6.07) is 5.53. The van der Waals surface area contributed by atoms with Crippen LogP contribution in [0.15, 0.2) is 18.2 Å². The van der Waals surface area contributed by atoms with Crippen molar-refractivity contribution in [2.24, 2.45) is 0 Å². The highest BCUT2D eigenvalue weighted by Crippen LogP contribution is 2.25. The molecule has 0 aliphatic rings. The van der Waals surface area contributed by atoms with Crippen LogP contribution in [0, 0.1) is 6.92 Å². The van der Waals surface area contributed by atoms with Gasteiger partial charge in [-0.15, -0.1) is 0 Å². The van der Waals surface area contributed by atoms with Gasteiger partial charge in [0.2, 0.25) is 11.8 Å². The predicted molar refractivity (Wildman–Crippen MR) is 85.1 cm³/mol. The molecule has 0 aliphatic carbocycles. The fraction of sp³-hybridized carbons (Fsp3) is 0.500. The van der Waals surface area contributed by atoms with Crippen LogP contribution in [0.2, 0.25) is 0 Å². The summed E-state index contributed by atoms with van der Waals surface area (Å²) in [6.45, 7) is 4.43. The molecule has 0 unspecified atom stereocenters. The third kappa shape index (κ3) is 5.73. The topological polar surface area (TPSA) is 67.9 Å². The van der Waals surface area contributed by atoms with Gasteiger partial charge in [0.05, 0.1) is 19.3 Å². The Morgan fingerprint density at radius 3 is 2.59 bits per heavy atom. The lowest BCUT2D eigenvalue weighted by Gasteiger charge is -2.20. The van der Waals surface area contributed by atoms with E-state index in [1.807, 2.05) is 19.1 Å². The third-order valence-electron chi connectivity index (χ3n) is 3.19. The summed E-state index contributed by atoms with van der Waals surface area (Å²) in [5.74, 6) is 0.201. The van der Waals surface area contributed by atoms with Crippen molar-refractivity contribution < 1.29 is 19.1 Å². The second kappa shape index (κ2) is 9.04. The average molecular weight is 308 g/mol. The van der Waals surface area contributed by atoms with Crippen molar-refractivity contribution in [1.82, 2.24) is 4.90 Å². The normalized spacial score (nSPS) is 10.2. The van der Waals surface area contributed by atoms with E-state index in [1.54, 1.807) is 20.3 Å². The van der Waals surface area contributed by atoms with Crippen LogP contribution in [0.4, 0.5) is 5.69 Å². The SMILES string of the molecule is COCCCN(CC(=O)Nc1cc(C)ccc1OC)C(C)=O. The van der Waals surface area contributed by atoms with E-state index in [0.717, 1.165) is 5.56 Å². The van der Waals surface area contributed by atoms with Crippen LogP contribution in [-0.2, 0) is 14.3 Å². The smallest absolute Gasteiger partial charge is 0.244 e. The van der Waals surface area contributed by atoms with Crippen LogP contribution in [0.3, 0.4) is 0 Å². The summed E-state index contributed by atoms with van der Waals surface area (Å²) in [6.07, 6.45) is 0.692. The van der Waals surface area contributed by atoms with Gasteiger partial charge in [-0.3, -0.25) is 9.59 Å². The van der Waals surface area contributed by atoms with E-state index in [4.69, 9.17) is 9.47 Å². The molecule has 22 heavy (non-hydrogen) atoms. The molecule has 1 aromatic rings. The molecule has 0 aromatic heterocycles. The summed E-state index contributed by atoms with van der Waals surface area (Å²) < 4.78 is 10.2. The fourth-order valence-electron chi connectivity index (χ4n) is 2.03. The largest absolute Gasteiger partial charge is 0.495 e. The number of benzene rings is 1. The number of methoxy groups -OCH3 is 2. The van der Waals surface area contributed by atoms with Gasteiger partial charge in [0.1, 0.15) is 5.75 Å². The van der Waals surface area contributed by atoms with E-state index in [2.05, 4.69) is 5.32 Å². The molecule has 0 saturated heterocycles. The zero-order valence-electron chi connectivity index (χ0n) is 13.6. The standard InChI is InChI=1S/C16H24N2O4/c1-12-6-7-15(22-4)14(10-12)17-16(20)11-18(13(2)19)8-5-9-21-3/h6-7,10H,5,8-9,11H2,1-4H3,(H,17,20). The molecule has 6 nitrogen and oxygen atoms in total. The highest BCUT2D eigenvalue weighted by Gasteiger charge is 2.15. The van der Waals surface area contributed by atoms with Gasteiger partial charge in [-0.25, -0.2) is 0 Å². The number of nitrogens with zero attached hydrogens (tertiary/aromatic N) is 1. The molecule has 1 rings (SSSR count). The van der Waals surface area contributed by atoms with Gasteiger partial charge >= 0.3 is 0 Å². The molecule has 0 spiro atoms. The van der Waals surface area contributed by atoms with E-state index in [1.165, 1.54) is 11.8 Å². The van der Waals surface area contributed by atoms with Gasteiger partial charge in [0, 0.05) is 27.2 Å². The Morgan fingerprint density at radius 1 is 1.27 bits per heavy atom. The lowest BCUT2D eigenvalue weighted by molar-refractivity contribution is -0.132. The minimum absolute atomic E-state index is 0.0101. The molecule has 0 bridgehead atoms. The molecule has 122 valence electrons. The summed E-state index contributed by atoms with van der Waals surface area (Å²) in [5.41, 5.74) is 1.62. The maximum Gasteiger partial charge on any atom is 0.244 e. The number of nitrogens with one attached hydrogen (secondary N) is 1. The maximum atomic E-state index is 12.1. The summed E-state index contributed by atoms with van der Waals surface area (Å²) in [4.78, 5) is 25.2. The molecule has 0 saturated carbocycles. The van der Waals surface area contributed by atoms with Crippen molar-refractivity contribution in [2.45, 2.75) is 20.3 Å². The molecule has 0 heterocycles. The lowest BCUT2D eigenvalue weighted by Crippen LogP contribution is -2.37. The first kappa shape index (κ1) is 18.0. The average Bonchev–Trinajstić information content (AvgIpc) is 2.46. The zero-order valence-corrected chi connectivity index (χ0v) is 13.6. The first-order valence-corrected chi connectivity index (χ1v) is 7.17. The van der Waals surface area contributed by atoms with Crippen molar-refractivity contribution >= 4 is 17.5 Å². The summed E-state index contributed by atoms with van der Waals surface area (Å²) in [7, 11) is 3.15. The Hall–Kier alpha value is -2.08. The van der Waals surface area contributed by atoms with Crippen molar-refractivity contribution in [3.05, 3.63) is 23.8 Å². The predicted octanol–water partition coefficient (Wildman–Crippen LogP) is 1.83. The minimum atomic E-state index is -0.253. The summed E-state index contributed by atoms with van der Waals surface area (Å²) in [5, 5.41) is 2.79. The number of hydrogen-bond donors (Lipinski definition) is 1. The highest BCUT2D eigenvalue weighted by molar-refractivity contribution is 5.95. The second-order valence-corrected chi connectivity index (χ2v) is 5.04. The number of aryl methyl sites for hydroxylation is 1. The maximum absolute atomic E-state index is 12.1. The first-order valence-electron chi connectivity index (χ1n) is 7.17. The Kier molecular flexibility index (Phi) is 7.39. The first-order chi connectivity index (χ1) is 10.5. The van der Waals surface area contributed by atoms with Gasteiger partial charge in [-0.1, -0.05) is 6.07 Å². The lowest BCUT2D eigenvalue weighted by atomic mass is 10.2. The number of carbonyl (C=O) groups is 2. The summed E-state index contributed by atoms with van der Waals surface area (Å²) >= 11 is 0. The van der Waals surface area contributed by atoms with Crippen LogP contribution in [0.5, 0.6) is 5.75 Å². The number of carbonyl (C=O) groups excluding carboxylic acids is 2. The van der Waals surface area contributed by atoms with Crippen LogP contribution in [0.1, 0.15) is 18.9 Å². The molecular formula is C16H24N2O4. The van der Waals surface area contributed by atoms with Crippen molar-refractivity contribution in [3.8, 4) is 5.75 Å². The van der Waals surface area contributed by atoms with E-state index in [0.29, 0.717) is 31.0 Å². The molecular weight excluding hydrogens is 284 g/mol. The second-order valence-electron chi connectivity index (χ2n) is 5.04. The fourth-order valence-corrected chi connectivity index (χ4v) is 2.03. The molecule has 6 heteroatoms. The molecule has 1 aromatic carbocycles. The van der Waals surface area contributed by atoms with Crippen LogP contribution in [-0.4, -0.2) is 50.6 Å². The molecule has 0 atom stereocenters. The van der Waals surface area contributed by atoms with Crippen LogP contribution >= 0.6 is 0 Å². The quantitative estimate of drug-likeness (QED) is 0.744. The number of ether oxygens (including phenoxy) is 2. The van der Waals surface area contributed by atoms with E-state index >= 15 is 0 Å². The molecule has 0 aliphatic heterocycles. The number of rotatable bonds is 8. The van der Waals surface area contributed by atoms with Crippen molar-refractivity contribution in [2.75, 3.05) is 39.2 Å². The number of hydrogen-bond acceptors (Lipinski definition) is 4. The number of anilines is 1. The Labute approximate surface area is 131 Å². The van der Waals surface area contributed by atoms with Crippen molar-refractivity contribution in [1.29, 1.82) is 0 Å². The zero-order chi connectivity index (χ0) is 16.5. The number of amides is 2. The molecule has 2 amide bonds. The van der Waals surface area contributed by atoms with Crippen molar-refractivity contribution in [3.63, 3.8) is 0 Å². The molecule has 1 N–H and O–H groups in total. The van der Waals surface area contributed by atoms with Crippen LogP contribution < -0.4 is 10.1 Å². The Morgan fingerprint density at radius 2 is 2.00 bits per heavy atom. The third-order valence-corrected chi connectivity index (χ3v) is 3.19. The van der Waals surface area contributed by atoms with Gasteiger partial charge in [-0.05, 0) is 31.0 Å². The van der Waals surface area contributed by atoms with Crippen LogP contribution in [0.25, 0.3) is 0 Å². The van der Waals surface area contributed by atoms with Gasteiger partial charge in [0.25, 0.3) is 0 Å². The van der Waals surface area contributed by atoms with Gasteiger partial charge in [0.15, 0.2) is 0 Å². The minimum Gasteiger partial charge on any atom is -0.495 e. The monoisotopic (exact) mass is 308 g/mol. The Balaban J connectivity index is 2.67. The van der Waals surface area contributed by atoms with E-state index < -0.39 is 0 Å². The van der Waals surface area contributed by atoms with Gasteiger partial charge in [-0.2, -0.15) is 0 Å². The van der Waals surface area contributed by atoms with Gasteiger partial charge < -0.3 is 19.7 Å². The highest BCUT2D eigenvalue weighted by atomic mass is 16.5. The molecule has 0 fully saturated rings.